The SMILES string of the molecule is Clc1cc2c(c3ncccc13)OC[C@@H]1CON(c3ccccc3)[C@H]21. The van der Waals surface area contributed by atoms with Crippen LogP contribution < -0.4 is 9.80 Å². The lowest BCUT2D eigenvalue weighted by atomic mass is 9.90. The van der Waals surface area contributed by atoms with Gasteiger partial charge in [-0.15, -0.1) is 0 Å². The zero-order chi connectivity index (χ0) is 16.1. The van der Waals surface area contributed by atoms with E-state index in [0.717, 1.165) is 27.9 Å². The lowest BCUT2D eigenvalue weighted by Crippen LogP contribution is -2.31. The third-order valence-electron chi connectivity index (χ3n) is 4.72. The maximum atomic E-state index is 6.52. The molecule has 2 aliphatic rings. The molecule has 1 fully saturated rings. The van der Waals surface area contributed by atoms with Gasteiger partial charge in [0.05, 0.1) is 30.0 Å². The van der Waals surface area contributed by atoms with Crippen LogP contribution in [0, 0.1) is 5.92 Å². The summed E-state index contributed by atoms with van der Waals surface area (Å²) < 4.78 is 6.06. The number of aromatic nitrogens is 1. The molecule has 4 nitrogen and oxygen atoms in total. The van der Waals surface area contributed by atoms with Gasteiger partial charge in [0.15, 0.2) is 5.75 Å². The molecule has 2 atom stereocenters. The zero-order valence-corrected chi connectivity index (χ0v) is 13.6. The molecule has 1 aromatic heterocycles. The van der Waals surface area contributed by atoms with Gasteiger partial charge < -0.3 is 4.74 Å². The van der Waals surface area contributed by atoms with Crippen molar-refractivity contribution in [2.24, 2.45) is 5.92 Å². The summed E-state index contributed by atoms with van der Waals surface area (Å²) in [5.74, 6) is 1.10. The van der Waals surface area contributed by atoms with Crippen molar-refractivity contribution in [2.75, 3.05) is 18.3 Å². The second-order valence-corrected chi connectivity index (χ2v) is 6.56. The third kappa shape index (κ3) is 2.00. The maximum Gasteiger partial charge on any atom is 0.151 e. The van der Waals surface area contributed by atoms with Gasteiger partial charge in [-0.25, -0.2) is 5.06 Å². The number of para-hydroxylation sites is 1. The molecule has 3 heterocycles. The van der Waals surface area contributed by atoms with Gasteiger partial charge in [0.2, 0.25) is 0 Å². The monoisotopic (exact) mass is 338 g/mol. The zero-order valence-electron chi connectivity index (χ0n) is 12.9. The molecule has 2 aliphatic heterocycles. The molecule has 0 amide bonds. The second kappa shape index (κ2) is 5.36. The fraction of sp³-hybridized carbons (Fsp3) is 0.211. The maximum absolute atomic E-state index is 6.52. The number of halogens is 1. The summed E-state index contributed by atoms with van der Waals surface area (Å²) in [6.45, 7) is 1.26. The Kier molecular flexibility index (Phi) is 3.15. The molecular weight excluding hydrogens is 324 g/mol. The van der Waals surface area contributed by atoms with Crippen LogP contribution in [0.1, 0.15) is 11.6 Å². The first-order chi connectivity index (χ1) is 11.8. The Balaban J connectivity index is 1.70. The summed E-state index contributed by atoms with van der Waals surface area (Å²) in [4.78, 5) is 10.5. The van der Waals surface area contributed by atoms with Gasteiger partial charge in [-0.05, 0) is 30.3 Å². The standard InChI is InChI=1S/C19H15ClN2O2/c20-16-9-15-18-12(11-24-22(18)13-5-2-1-3-6-13)10-23-19(15)17-14(16)7-4-8-21-17/h1-9,12,18H,10-11H2/t12-,18+/m1/s1. The number of hydrogen-bond donors (Lipinski definition) is 0. The van der Waals surface area contributed by atoms with Gasteiger partial charge in [0.1, 0.15) is 5.52 Å². The van der Waals surface area contributed by atoms with E-state index in [2.05, 4.69) is 17.1 Å². The van der Waals surface area contributed by atoms with Crippen molar-refractivity contribution in [1.82, 2.24) is 4.98 Å². The summed E-state index contributed by atoms with van der Waals surface area (Å²) in [5, 5.41) is 3.60. The average Bonchev–Trinajstić information content (AvgIpc) is 3.07. The fourth-order valence-corrected chi connectivity index (χ4v) is 3.90. The first-order valence-electron chi connectivity index (χ1n) is 8.00. The van der Waals surface area contributed by atoms with Crippen molar-refractivity contribution in [3.63, 3.8) is 0 Å². The van der Waals surface area contributed by atoms with Crippen LogP contribution in [0.15, 0.2) is 54.7 Å². The highest BCUT2D eigenvalue weighted by molar-refractivity contribution is 6.35. The molecule has 0 saturated carbocycles. The second-order valence-electron chi connectivity index (χ2n) is 6.15. The molecule has 24 heavy (non-hydrogen) atoms. The minimum absolute atomic E-state index is 0.0834. The highest BCUT2D eigenvalue weighted by atomic mass is 35.5. The Labute approximate surface area is 144 Å². The summed E-state index contributed by atoms with van der Waals surface area (Å²) in [5.41, 5.74) is 2.90. The summed E-state index contributed by atoms with van der Waals surface area (Å²) in [6, 6.07) is 16.1. The van der Waals surface area contributed by atoms with E-state index in [4.69, 9.17) is 21.2 Å². The smallest absolute Gasteiger partial charge is 0.151 e. The van der Waals surface area contributed by atoms with E-state index in [1.807, 2.05) is 41.5 Å². The lowest BCUT2D eigenvalue weighted by Gasteiger charge is -2.33. The number of nitrogens with zero attached hydrogens (tertiary/aromatic N) is 2. The Morgan fingerprint density at radius 2 is 1.96 bits per heavy atom. The number of anilines is 1. The van der Waals surface area contributed by atoms with Crippen molar-refractivity contribution in [3.05, 3.63) is 65.3 Å². The number of rotatable bonds is 1. The third-order valence-corrected chi connectivity index (χ3v) is 5.04. The van der Waals surface area contributed by atoms with Gasteiger partial charge >= 0.3 is 0 Å². The molecule has 120 valence electrons. The Hall–Kier alpha value is -2.30. The predicted octanol–water partition coefficient (Wildman–Crippen LogP) is 4.39. The number of fused-ring (bicyclic) bond motifs is 5. The quantitative estimate of drug-likeness (QED) is 0.659. The Bertz CT molecular complexity index is 916. The van der Waals surface area contributed by atoms with Crippen LogP contribution in [0.25, 0.3) is 10.9 Å². The van der Waals surface area contributed by atoms with Gasteiger partial charge in [0.25, 0.3) is 0 Å². The molecule has 0 aliphatic carbocycles. The number of pyridine rings is 1. The molecule has 3 aromatic rings. The topological polar surface area (TPSA) is 34.6 Å². The Morgan fingerprint density at radius 1 is 1.08 bits per heavy atom. The lowest BCUT2D eigenvalue weighted by molar-refractivity contribution is 0.146. The van der Waals surface area contributed by atoms with E-state index in [0.29, 0.717) is 18.2 Å². The summed E-state index contributed by atoms with van der Waals surface area (Å²) >= 11 is 6.52. The highest BCUT2D eigenvalue weighted by Crippen LogP contribution is 2.48. The van der Waals surface area contributed by atoms with Gasteiger partial charge in [0, 0.05) is 23.1 Å². The van der Waals surface area contributed by atoms with Crippen LogP contribution >= 0.6 is 11.6 Å². The predicted molar refractivity (Wildman–Crippen MR) is 93.4 cm³/mol. The van der Waals surface area contributed by atoms with E-state index in [1.165, 1.54) is 0 Å². The van der Waals surface area contributed by atoms with E-state index in [9.17, 15) is 0 Å². The molecule has 0 unspecified atom stereocenters. The minimum Gasteiger partial charge on any atom is -0.490 e. The molecular formula is C19H15ClN2O2. The normalized spacial score (nSPS) is 22.1. The number of benzene rings is 2. The van der Waals surface area contributed by atoms with Crippen LogP contribution in [0.2, 0.25) is 5.02 Å². The van der Waals surface area contributed by atoms with Crippen LogP contribution in [0.3, 0.4) is 0 Å². The molecule has 2 aromatic carbocycles. The molecule has 1 saturated heterocycles. The van der Waals surface area contributed by atoms with Crippen molar-refractivity contribution in [2.45, 2.75) is 6.04 Å². The van der Waals surface area contributed by atoms with Crippen LogP contribution in [0.5, 0.6) is 5.75 Å². The number of ether oxygens (including phenoxy) is 1. The van der Waals surface area contributed by atoms with Crippen molar-refractivity contribution in [3.8, 4) is 5.75 Å². The van der Waals surface area contributed by atoms with Crippen molar-refractivity contribution >= 4 is 28.2 Å². The highest BCUT2D eigenvalue weighted by Gasteiger charge is 2.43. The summed E-state index contributed by atoms with van der Waals surface area (Å²) in [6.07, 6.45) is 1.77. The van der Waals surface area contributed by atoms with E-state index in [1.54, 1.807) is 6.20 Å². The molecule has 0 radical (unpaired) electrons. The van der Waals surface area contributed by atoms with E-state index in [-0.39, 0.29) is 12.0 Å². The number of hydrogen-bond acceptors (Lipinski definition) is 4. The molecule has 5 heteroatoms. The van der Waals surface area contributed by atoms with E-state index < -0.39 is 0 Å². The average molecular weight is 339 g/mol. The number of hydroxylamine groups is 1. The molecule has 5 rings (SSSR count). The van der Waals surface area contributed by atoms with Crippen molar-refractivity contribution in [1.29, 1.82) is 0 Å². The Morgan fingerprint density at radius 3 is 2.83 bits per heavy atom. The molecule has 0 spiro atoms. The fourth-order valence-electron chi connectivity index (χ4n) is 3.63. The first kappa shape index (κ1) is 14.1. The van der Waals surface area contributed by atoms with Crippen molar-refractivity contribution < 1.29 is 9.57 Å². The first-order valence-corrected chi connectivity index (χ1v) is 8.38. The molecule has 0 bridgehead atoms. The van der Waals surface area contributed by atoms with Crippen LogP contribution in [-0.4, -0.2) is 18.2 Å². The van der Waals surface area contributed by atoms with Gasteiger partial charge in [-0.1, -0.05) is 29.8 Å². The largest absolute Gasteiger partial charge is 0.490 e. The molecule has 0 N–H and O–H groups in total. The van der Waals surface area contributed by atoms with Gasteiger partial charge in [-0.3, -0.25) is 9.82 Å². The van der Waals surface area contributed by atoms with Crippen LogP contribution in [-0.2, 0) is 4.84 Å². The van der Waals surface area contributed by atoms with Gasteiger partial charge in [-0.2, -0.15) is 0 Å². The van der Waals surface area contributed by atoms with E-state index >= 15 is 0 Å². The summed E-state index contributed by atoms with van der Waals surface area (Å²) in [7, 11) is 0. The minimum atomic E-state index is 0.0834. The van der Waals surface area contributed by atoms with Crippen LogP contribution in [0.4, 0.5) is 5.69 Å².